The quantitative estimate of drug-likeness (QED) is 0.787. The van der Waals surface area contributed by atoms with Crippen LogP contribution in [0.5, 0.6) is 0 Å². The van der Waals surface area contributed by atoms with Crippen molar-refractivity contribution in [3.8, 4) is 0 Å². The van der Waals surface area contributed by atoms with Crippen LogP contribution in [-0.2, 0) is 4.74 Å². The molecule has 90 valence electrons. The number of carbonyl (C=O) groups excluding carboxylic acids is 1. The first-order valence-electron chi connectivity index (χ1n) is 5.33. The summed E-state index contributed by atoms with van der Waals surface area (Å²) in [4.78, 5) is 15.8. The highest BCUT2D eigenvalue weighted by atomic mass is 16.5. The summed E-state index contributed by atoms with van der Waals surface area (Å²) in [5.41, 5.74) is 8.42. The molecular formula is C11H14N4O2. The van der Waals surface area contributed by atoms with Crippen molar-refractivity contribution in [2.45, 2.75) is 20.8 Å². The second kappa shape index (κ2) is 4.04. The molecule has 6 nitrogen and oxygen atoms in total. The molecule has 0 unspecified atom stereocenters. The Bertz CT molecular complexity index is 589. The van der Waals surface area contributed by atoms with Crippen LogP contribution in [0.1, 0.15) is 28.5 Å². The fraction of sp³-hybridized carbons (Fsp3) is 0.364. The Morgan fingerprint density at radius 1 is 1.53 bits per heavy atom. The molecule has 0 atom stereocenters. The Balaban J connectivity index is 2.73. The average molecular weight is 234 g/mol. The molecule has 0 bridgehead atoms. The predicted octanol–water partition coefficient (Wildman–Crippen LogP) is 1.11. The molecule has 2 aromatic rings. The zero-order chi connectivity index (χ0) is 12.6. The fourth-order valence-corrected chi connectivity index (χ4v) is 1.97. The SMILES string of the molecule is CCOC(=O)c1c(C)c2c(N)ncnn2c1C. The Kier molecular flexibility index (Phi) is 2.71. The number of rotatable bonds is 2. The summed E-state index contributed by atoms with van der Waals surface area (Å²) < 4.78 is 6.63. The van der Waals surface area contributed by atoms with E-state index in [-0.39, 0.29) is 5.97 Å². The van der Waals surface area contributed by atoms with Gasteiger partial charge in [0.1, 0.15) is 11.8 Å². The molecule has 2 aromatic heterocycles. The molecule has 0 amide bonds. The van der Waals surface area contributed by atoms with Gasteiger partial charge in [0.05, 0.1) is 17.9 Å². The van der Waals surface area contributed by atoms with Crippen molar-refractivity contribution >= 4 is 17.3 Å². The van der Waals surface area contributed by atoms with Crippen LogP contribution in [0.25, 0.3) is 5.52 Å². The summed E-state index contributed by atoms with van der Waals surface area (Å²) in [5.74, 6) is 0.00329. The van der Waals surface area contributed by atoms with Crippen molar-refractivity contribution in [3.63, 3.8) is 0 Å². The number of aromatic nitrogens is 3. The van der Waals surface area contributed by atoms with Gasteiger partial charge < -0.3 is 10.5 Å². The number of aryl methyl sites for hydroxylation is 2. The average Bonchev–Trinajstić information content (AvgIpc) is 2.53. The number of esters is 1. The summed E-state index contributed by atoms with van der Waals surface area (Å²) >= 11 is 0. The predicted molar refractivity (Wildman–Crippen MR) is 62.8 cm³/mol. The lowest BCUT2D eigenvalue weighted by Crippen LogP contribution is -2.07. The van der Waals surface area contributed by atoms with Gasteiger partial charge in [-0.3, -0.25) is 0 Å². The summed E-state index contributed by atoms with van der Waals surface area (Å²) in [6, 6.07) is 0. The molecule has 17 heavy (non-hydrogen) atoms. The molecule has 0 aliphatic rings. The molecule has 2 N–H and O–H groups in total. The van der Waals surface area contributed by atoms with Gasteiger partial charge in [0.2, 0.25) is 0 Å². The maximum atomic E-state index is 11.8. The first kappa shape index (κ1) is 11.4. The van der Waals surface area contributed by atoms with Gasteiger partial charge >= 0.3 is 5.97 Å². The Labute approximate surface area is 98.4 Å². The van der Waals surface area contributed by atoms with Crippen LogP contribution >= 0.6 is 0 Å². The summed E-state index contributed by atoms with van der Waals surface area (Å²) in [6.45, 7) is 5.73. The monoisotopic (exact) mass is 234 g/mol. The Morgan fingerprint density at radius 3 is 2.82 bits per heavy atom. The number of anilines is 1. The van der Waals surface area contributed by atoms with E-state index in [1.807, 2.05) is 6.92 Å². The fourth-order valence-electron chi connectivity index (χ4n) is 1.97. The molecule has 0 aliphatic carbocycles. The van der Waals surface area contributed by atoms with Gasteiger partial charge in [-0.05, 0) is 26.3 Å². The number of nitrogens with zero attached hydrogens (tertiary/aromatic N) is 3. The van der Waals surface area contributed by atoms with Crippen LogP contribution in [-0.4, -0.2) is 27.2 Å². The van der Waals surface area contributed by atoms with Crippen LogP contribution in [0.3, 0.4) is 0 Å². The van der Waals surface area contributed by atoms with Crippen molar-refractivity contribution < 1.29 is 9.53 Å². The highest BCUT2D eigenvalue weighted by molar-refractivity contribution is 5.96. The van der Waals surface area contributed by atoms with E-state index in [1.54, 1.807) is 18.4 Å². The third-order valence-electron chi connectivity index (χ3n) is 2.71. The zero-order valence-corrected chi connectivity index (χ0v) is 10.0. The molecule has 0 saturated carbocycles. The van der Waals surface area contributed by atoms with Gasteiger partial charge in [-0.25, -0.2) is 14.3 Å². The second-order valence-corrected chi connectivity index (χ2v) is 3.71. The number of hydrogen-bond acceptors (Lipinski definition) is 5. The molecule has 0 fully saturated rings. The minimum absolute atomic E-state index is 0.338. The first-order chi connectivity index (χ1) is 8.07. The third-order valence-corrected chi connectivity index (χ3v) is 2.71. The van der Waals surface area contributed by atoms with Gasteiger partial charge in [-0.2, -0.15) is 5.10 Å². The normalized spacial score (nSPS) is 10.8. The third kappa shape index (κ3) is 1.61. The zero-order valence-electron chi connectivity index (χ0n) is 10.0. The van der Waals surface area contributed by atoms with Crippen molar-refractivity contribution in [1.29, 1.82) is 0 Å². The first-order valence-corrected chi connectivity index (χ1v) is 5.33. The minimum Gasteiger partial charge on any atom is -0.462 e. The van der Waals surface area contributed by atoms with Crippen LogP contribution < -0.4 is 5.73 Å². The molecule has 2 rings (SSSR count). The summed E-state index contributed by atoms with van der Waals surface area (Å²) in [7, 11) is 0. The van der Waals surface area contributed by atoms with E-state index in [4.69, 9.17) is 10.5 Å². The van der Waals surface area contributed by atoms with E-state index in [9.17, 15) is 4.79 Å². The maximum Gasteiger partial charge on any atom is 0.340 e. The van der Waals surface area contributed by atoms with Crippen LogP contribution in [0.15, 0.2) is 6.33 Å². The second-order valence-electron chi connectivity index (χ2n) is 3.71. The van der Waals surface area contributed by atoms with Gasteiger partial charge in [0.25, 0.3) is 0 Å². The minimum atomic E-state index is -0.354. The molecular weight excluding hydrogens is 220 g/mol. The molecule has 0 aliphatic heterocycles. The van der Waals surface area contributed by atoms with Crippen molar-refractivity contribution in [3.05, 3.63) is 23.1 Å². The van der Waals surface area contributed by atoms with Gasteiger partial charge in [-0.1, -0.05) is 0 Å². The Morgan fingerprint density at radius 2 is 2.24 bits per heavy atom. The van der Waals surface area contributed by atoms with Crippen LogP contribution in [0.2, 0.25) is 0 Å². The Hall–Kier alpha value is -2.11. The van der Waals surface area contributed by atoms with Crippen molar-refractivity contribution in [1.82, 2.24) is 14.6 Å². The van der Waals surface area contributed by atoms with E-state index in [0.717, 1.165) is 5.56 Å². The number of ether oxygens (including phenoxy) is 1. The topological polar surface area (TPSA) is 82.5 Å². The number of nitrogen functional groups attached to an aromatic ring is 1. The molecule has 0 aromatic carbocycles. The lowest BCUT2D eigenvalue weighted by molar-refractivity contribution is 0.0525. The maximum absolute atomic E-state index is 11.8. The summed E-state index contributed by atoms with van der Waals surface area (Å²) in [5, 5.41) is 4.08. The van der Waals surface area contributed by atoms with E-state index >= 15 is 0 Å². The van der Waals surface area contributed by atoms with Crippen LogP contribution in [0, 0.1) is 13.8 Å². The highest BCUT2D eigenvalue weighted by Gasteiger charge is 2.21. The van der Waals surface area contributed by atoms with Gasteiger partial charge in [-0.15, -0.1) is 0 Å². The lowest BCUT2D eigenvalue weighted by atomic mass is 10.1. The lowest BCUT2D eigenvalue weighted by Gasteiger charge is -2.01. The van der Waals surface area contributed by atoms with Gasteiger partial charge in [0, 0.05) is 0 Å². The highest BCUT2D eigenvalue weighted by Crippen LogP contribution is 2.25. The van der Waals surface area contributed by atoms with Crippen molar-refractivity contribution in [2.24, 2.45) is 0 Å². The van der Waals surface area contributed by atoms with E-state index in [2.05, 4.69) is 10.1 Å². The molecule has 0 radical (unpaired) electrons. The number of nitrogens with two attached hydrogens (primary N) is 1. The van der Waals surface area contributed by atoms with Gasteiger partial charge in [0.15, 0.2) is 5.82 Å². The molecule has 6 heteroatoms. The molecule has 2 heterocycles. The largest absolute Gasteiger partial charge is 0.462 e. The standard InChI is InChI=1S/C11H14N4O2/c1-4-17-11(16)8-6(2)9-10(12)13-5-14-15(9)7(8)3/h5H,4H2,1-3H3,(H2,12,13,14). The van der Waals surface area contributed by atoms with E-state index in [0.29, 0.717) is 29.2 Å². The summed E-state index contributed by atoms with van der Waals surface area (Å²) in [6.07, 6.45) is 1.36. The van der Waals surface area contributed by atoms with E-state index < -0.39 is 0 Å². The smallest absolute Gasteiger partial charge is 0.340 e. The van der Waals surface area contributed by atoms with Crippen LogP contribution in [0.4, 0.5) is 5.82 Å². The molecule has 0 spiro atoms. The van der Waals surface area contributed by atoms with Crippen molar-refractivity contribution in [2.75, 3.05) is 12.3 Å². The number of carbonyl (C=O) groups is 1. The van der Waals surface area contributed by atoms with E-state index in [1.165, 1.54) is 6.33 Å². The number of fused-ring (bicyclic) bond motifs is 1. The number of hydrogen-bond donors (Lipinski definition) is 1. The molecule has 0 saturated heterocycles.